The minimum atomic E-state index is -0.893. The second-order valence-electron chi connectivity index (χ2n) is 5.74. The van der Waals surface area contributed by atoms with Gasteiger partial charge in [-0.2, -0.15) is 5.26 Å². The maximum Gasteiger partial charge on any atom is 0.242 e. The van der Waals surface area contributed by atoms with Gasteiger partial charge in [-0.15, -0.1) is 0 Å². The lowest BCUT2D eigenvalue weighted by Crippen LogP contribution is -2.45. The van der Waals surface area contributed by atoms with Crippen LogP contribution in [0.15, 0.2) is 0 Å². The molecule has 0 N–H and O–H groups in total. The normalized spacial score (nSPS) is 25.1. The van der Waals surface area contributed by atoms with Crippen LogP contribution in [-0.4, -0.2) is 23.9 Å². The van der Waals surface area contributed by atoms with E-state index in [1.165, 1.54) is 19.3 Å². The smallest absolute Gasteiger partial charge is 0.242 e. The van der Waals surface area contributed by atoms with Crippen molar-refractivity contribution in [3.63, 3.8) is 0 Å². The molecule has 1 fully saturated rings. The van der Waals surface area contributed by atoms with Crippen molar-refractivity contribution in [2.24, 2.45) is 11.3 Å². The van der Waals surface area contributed by atoms with Gasteiger partial charge in [0.1, 0.15) is 5.41 Å². The van der Waals surface area contributed by atoms with E-state index in [-0.39, 0.29) is 5.91 Å². The van der Waals surface area contributed by atoms with Crippen LogP contribution in [0.3, 0.4) is 0 Å². The fourth-order valence-electron chi connectivity index (χ4n) is 2.59. The number of amides is 1. The molecule has 17 heavy (non-hydrogen) atoms. The quantitative estimate of drug-likeness (QED) is 0.756. The van der Waals surface area contributed by atoms with Gasteiger partial charge < -0.3 is 4.90 Å². The Labute approximate surface area is 105 Å². The topological polar surface area (TPSA) is 44.1 Å². The molecule has 0 heterocycles. The van der Waals surface area contributed by atoms with Crippen LogP contribution >= 0.6 is 0 Å². The lowest BCUT2D eigenvalue weighted by molar-refractivity contribution is -0.139. The second-order valence-corrected chi connectivity index (χ2v) is 5.74. The molecule has 0 aromatic carbocycles. The van der Waals surface area contributed by atoms with Gasteiger partial charge in [-0.05, 0) is 45.4 Å². The first kappa shape index (κ1) is 14.0. The highest BCUT2D eigenvalue weighted by Crippen LogP contribution is 2.30. The molecule has 3 nitrogen and oxygen atoms in total. The SMILES string of the molecule is CCC1CCC(N(C)C(=O)C(C)(C)C#N)CC1. The Hall–Kier alpha value is -1.04. The summed E-state index contributed by atoms with van der Waals surface area (Å²) in [6, 6.07) is 2.42. The Morgan fingerprint density at radius 1 is 1.35 bits per heavy atom. The van der Waals surface area contributed by atoms with Crippen LogP contribution < -0.4 is 0 Å². The third-order valence-electron chi connectivity index (χ3n) is 4.08. The molecule has 1 saturated carbocycles. The van der Waals surface area contributed by atoms with Crippen LogP contribution in [0.4, 0.5) is 0 Å². The van der Waals surface area contributed by atoms with Crippen LogP contribution in [0.2, 0.25) is 0 Å². The minimum Gasteiger partial charge on any atom is -0.341 e. The van der Waals surface area contributed by atoms with E-state index in [4.69, 9.17) is 5.26 Å². The van der Waals surface area contributed by atoms with Gasteiger partial charge in [0.2, 0.25) is 5.91 Å². The summed E-state index contributed by atoms with van der Waals surface area (Å²) in [5, 5.41) is 8.99. The summed E-state index contributed by atoms with van der Waals surface area (Å²) in [7, 11) is 1.85. The van der Waals surface area contributed by atoms with Crippen molar-refractivity contribution < 1.29 is 4.79 Å². The molecule has 1 aliphatic carbocycles. The standard InChI is InChI=1S/C14H24N2O/c1-5-11-6-8-12(9-7-11)16(4)13(17)14(2,3)10-15/h11-12H,5-9H2,1-4H3. The van der Waals surface area contributed by atoms with Gasteiger partial charge in [0, 0.05) is 13.1 Å². The van der Waals surface area contributed by atoms with E-state index < -0.39 is 5.41 Å². The first-order valence-corrected chi connectivity index (χ1v) is 6.61. The van der Waals surface area contributed by atoms with Crippen molar-refractivity contribution >= 4 is 5.91 Å². The molecule has 0 spiro atoms. The molecule has 96 valence electrons. The van der Waals surface area contributed by atoms with Crippen molar-refractivity contribution in [1.29, 1.82) is 5.26 Å². The summed E-state index contributed by atoms with van der Waals surface area (Å²) in [6.07, 6.45) is 5.84. The molecular formula is C14H24N2O. The fourth-order valence-corrected chi connectivity index (χ4v) is 2.59. The van der Waals surface area contributed by atoms with E-state index in [2.05, 4.69) is 13.0 Å². The number of hydrogen-bond acceptors (Lipinski definition) is 2. The first-order chi connectivity index (χ1) is 7.92. The number of hydrogen-bond donors (Lipinski definition) is 0. The van der Waals surface area contributed by atoms with E-state index >= 15 is 0 Å². The van der Waals surface area contributed by atoms with E-state index in [0.717, 1.165) is 18.8 Å². The highest BCUT2D eigenvalue weighted by Gasteiger charge is 2.34. The van der Waals surface area contributed by atoms with Gasteiger partial charge >= 0.3 is 0 Å². The Morgan fingerprint density at radius 3 is 2.29 bits per heavy atom. The predicted molar refractivity (Wildman–Crippen MR) is 68.2 cm³/mol. The Balaban J connectivity index is 2.58. The number of nitrogens with zero attached hydrogens (tertiary/aromatic N) is 2. The van der Waals surface area contributed by atoms with Gasteiger partial charge in [-0.1, -0.05) is 13.3 Å². The number of carbonyl (C=O) groups is 1. The zero-order valence-corrected chi connectivity index (χ0v) is 11.5. The third kappa shape index (κ3) is 3.21. The molecule has 0 aromatic rings. The van der Waals surface area contributed by atoms with Crippen molar-refractivity contribution in [1.82, 2.24) is 4.90 Å². The van der Waals surface area contributed by atoms with Crippen LogP contribution in [0.5, 0.6) is 0 Å². The maximum absolute atomic E-state index is 12.1. The zero-order valence-electron chi connectivity index (χ0n) is 11.5. The first-order valence-electron chi connectivity index (χ1n) is 6.61. The Morgan fingerprint density at radius 2 is 1.88 bits per heavy atom. The molecule has 0 radical (unpaired) electrons. The molecule has 0 aromatic heterocycles. The van der Waals surface area contributed by atoms with E-state index in [1.807, 2.05) is 7.05 Å². The van der Waals surface area contributed by atoms with Gasteiger partial charge in [-0.3, -0.25) is 4.79 Å². The zero-order chi connectivity index (χ0) is 13.1. The van der Waals surface area contributed by atoms with Crippen LogP contribution in [0, 0.1) is 22.7 Å². The Bertz CT molecular complexity index is 309. The third-order valence-corrected chi connectivity index (χ3v) is 4.08. The highest BCUT2D eigenvalue weighted by atomic mass is 16.2. The van der Waals surface area contributed by atoms with Crippen molar-refractivity contribution in [3.05, 3.63) is 0 Å². The maximum atomic E-state index is 12.1. The Kier molecular flexibility index (Phi) is 4.56. The molecule has 1 amide bonds. The van der Waals surface area contributed by atoms with Crippen molar-refractivity contribution in [2.75, 3.05) is 7.05 Å². The average Bonchev–Trinajstić information content (AvgIpc) is 2.37. The summed E-state index contributed by atoms with van der Waals surface area (Å²) in [5.74, 6) is 0.790. The van der Waals surface area contributed by atoms with Gasteiger partial charge in [-0.25, -0.2) is 0 Å². The molecule has 1 aliphatic rings. The van der Waals surface area contributed by atoms with Gasteiger partial charge in [0.25, 0.3) is 0 Å². The summed E-state index contributed by atoms with van der Waals surface area (Å²) in [4.78, 5) is 14.0. The van der Waals surface area contributed by atoms with Crippen molar-refractivity contribution in [2.45, 2.75) is 58.9 Å². The molecule has 0 unspecified atom stereocenters. The van der Waals surface area contributed by atoms with E-state index in [0.29, 0.717) is 6.04 Å². The molecule has 3 heteroatoms. The fraction of sp³-hybridized carbons (Fsp3) is 0.857. The monoisotopic (exact) mass is 236 g/mol. The molecule has 0 atom stereocenters. The molecule has 1 rings (SSSR count). The summed E-state index contributed by atoms with van der Waals surface area (Å²) < 4.78 is 0. The van der Waals surface area contributed by atoms with Gasteiger partial charge in [0.15, 0.2) is 0 Å². The molecular weight excluding hydrogens is 212 g/mol. The number of rotatable bonds is 3. The molecule has 0 bridgehead atoms. The molecule has 0 saturated heterocycles. The molecule has 0 aliphatic heterocycles. The largest absolute Gasteiger partial charge is 0.341 e. The highest BCUT2D eigenvalue weighted by molar-refractivity contribution is 5.84. The summed E-state index contributed by atoms with van der Waals surface area (Å²) in [5.41, 5.74) is -0.893. The summed E-state index contributed by atoms with van der Waals surface area (Å²) >= 11 is 0. The van der Waals surface area contributed by atoms with Crippen LogP contribution in [-0.2, 0) is 4.79 Å². The van der Waals surface area contributed by atoms with E-state index in [1.54, 1.807) is 18.7 Å². The lowest BCUT2D eigenvalue weighted by atomic mass is 9.83. The predicted octanol–water partition coefficient (Wildman–Crippen LogP) is 2.96. The van der Waals surface area contributed by atoms with Gasteiger partial charge in [0.05, 0.1) is 6.07 Å². The van der Waals surface area contributed by atoms with Crippen LogP contribution in [0.25, 0.3) is 0 Å². The number of carbonyl (C=O) groups excluding carboxylic acids is 1. The summed E-state index contributed by atoms with van der Waals surface area (Å²) in [6.45, 7) is 5.63. The minimum absolute atomic E-state index is 0.0417. The van der Waals surface area contributed by atoms with Crippen molar-refractivity contribution in [3.8, 4) is 6.07 Å². The van der Waals surface area contributed by atoms with E-state index in [9.17, 15) is 4.79 Å². The second kappa shape index (κ2) is 5.53. The van der Waals surface area contributed by atoms with Crippen LogP contribution in [0.1, 0.15) is 52.9 Å². The number of nitriles is 1. The average molecular weight is 236 g/mol. The lowest BCUT2D eigenvalue weighted by Gasteiger charge is -2.36.